The van der Waals surface area contributed by atoms with Gasteiger partial charge in [-0.1, -0.05) is 6.92 Å². The number of hydrogen-bond acceptors (Lipinski definition) is 3. The molecule has 1 aromatic heterocycles. The number of nitrogen functional groups attached to an aromatic ring is 1. The topological polar surface area (TPSA) is 42.2 Å². The lowest BCUT2D eigenvalue weighted by Gasteiger charge is -2.27. The molecule has 0 saturated heterocycles. The van der Waals surface area contributed by atoms with E-state index in [1.54, 1.807) is 11.9 Å². The van der Waals surface area contributed by atoms with Crippen molar-refractivity contribution in [1.29, 1.82) is 0 Å². The van der Waals surface area contributed by atoms with Crippen LogP contribution in [0.2, 0.25) is 0 Å². The molecular formula is C11H16F3N3. The Morgan fingerprint density at radius 1 is 1.47 bits per heavy atom. The Morgan fingerprint density at radius 3 is 2.53 bits per heavy atom. The first-order chi connectivity index (χ1) is 7.77. The van der Waals surface area contributed by atoms with Crippen LogP contribution in [0.15, 0.2) is 12.3 Å². The molecule has 0 fully saturated rings. The van der Waals surface area contributed by atoms with E-state index in [0.717, 1.165) is 18.7 Å². The van der Waals surface area contributed by atoms with Gasteiger partial charge in [0, 0.05) is 13.1 Å². The van der Waals surface area contributed by atoms with Gasteiger partial charge < -0.3 is 10.6 Å². The van der Waals surface area contributed by atoms with Gasteiger partial charge in [-0.25, -0.2) is 4.98 Å². The highest BCUT2D eigenvalue weighted by Gasteiger charge is 2.33. The van der Waals surface area contributed by atoms with Crippen LogP contribution in [0.1, 0.15) is 26.0 Å². The highest BCUT2D eigenvalue weighted by molar-refractivity contribution is 5.67. The summed E-state index contributed by atoms with van der Waals surface area (Å²) in [6, 6.07) is 1.10. The van der Waals surface area contributed by atoms with Gasteiger partial charge in [-0.2, -0.15) is 13.2 Å². The van der Waals surface area contributed by atoms with E-state index in [-0.39, 0.29) is 11.7 Å². The van der Waals surface area contributed by atoms with Crippen molar-refractivity contribution in [3.05, 3.63) is 18.0 Å². The summed E-state index contributed by atoms with van der Waals surface area (Å²) >= 11 is 0. The van der Waals surface area contributed by atoms with Crippen LogP contribution in [-0.4, -0.2) is 18.1 Å². The maximum atomic E-state index is 12.5. The van der Waals surface area contributed by atoms with E-state index >= 15 is 0 Å². The molecule has 2 N–H and O–H groups in total. The molecule has 1 unspecified atom stereocenters. The average Bonchev–Trinajstić information content (AvgIpc) is 2.26. The minimum Gasteiger partial charge on any atom is -0.396 e. The van der Waals surface area contributed by atoms with E-state index in [0.29, 0.717) is 5.69 Å². The van der Waals surface area contributed by atoms with E-state index in [1.807, 2.05) is 13.8 Å². The SMILES string of the molecule is CCC(C)N(C)c1cc(C(F)(F)F)ncc1N. The lowest BCUT2D eigenvalue weighted by Crippen LogP contribution is -2.29. The molecule has 1 atom stereocenters. The van der Waals surface area contributed by atoms with Crippen LogP contribution in [0.25, 0.3) is 0 Å². The summed E-state index contributed by atoms with van der Waals surface area (Å²) in [6.45, 7) is 3.89. The predicted octanol–water partition coefficient (Wildman–Crippen LogP) is 2.92. The number of nitrogens with zero attached hydrogens (tertiary/aromatic N) is 2. The molecule has 0 bridgehead atoms. The lowest BCUT2D eigenvalue weighted by molar-refractivity contribution is -0.141. The average molecular weight is 247 g/mol. The summed E-state index contributed by atoms with van der Waals surface area (Å²) < 4.78 is 37.6. The second-order valence-electron chi connectivity index (χ2n) is 3.99. The van der Waals surface area contributed by atoms with Crippen LogP contribution in [0, 0.1) is 0 Å². The third-order valence-corrected chi connectivity index (χ3v) is 2.83. The van der Waals surface area contributed by atoms with Crippen LogP contribution in [0.5, 0.6) is 0 Å². The summed E-state index contributed by atoms with van der Waals surface area (Å²) in [5.41, 5.74) is 5.35. The fourth-order valence-corrected chi connectivity index (χ4v) is 1.43. The summed E-state index contributed by atoms with van der Waals surface area (Å²) in [7, 11) is 1.72. The van der Waals surface area contributed by atoms with E-state index < -0.39 is 11.9 Å². The molecule has 1 aromatic rings. The van der Waals surface area contributed by atoms with Gasteiger partial charge in [0.15, 0.2) is 0 Å². The summed E-state index contributed by atoms with van der Waals surface area (Å²) in [5, 5.41) is 0. The molecule has 0 aliphatic heterocycles. The van der Waals surface area contributed by atoms with E-state index in [4.69, 9.17) is 5.73 Å². The van der Waals surface area contributed by atoms with Crippen LogP contribution < -0.4 is 10.6 Å². The molecule has 3 nitrogen and oxygen atoms in total. The van der Waals surface area contributed by atoms with Crippen molar-refractivity contribution in [2.24, 2.45) is 0 Å². The Hall–Kier alpha value is -1.46. The van der Waals surface area contributed by atoms with Gasteiger partial charge in [-0.15, -0.1) is 0 Å². The Kier molecular flexibility index (Phi) is 3.85. The second kappa shape index (κ2) is 4.81. The maximum Gasteiger partial charge on any atom is 0.433 e. The molecular weight excluding hydrogens is 231 g/mol. The molecule has 0 aliphatic rings. The van der Waals surface area contributed by atoms with Crippen LogP contribution in [-0.2, 0) is 6.18 Å². The van der Waals surface area contributed by atoms with Crippen molar-refractivity contribution in [1.82, 2.24) is 4.98 Å². The smallest absolute Gasteiger partial charge is 0.396 e. The molecule has 96 valence electrons. The number of aromatic nitrogens is 1. The highest BCUT2D eigenvalue weighted by atomic mass is 19.4. The largest absolute Gasteiger partial charge is 0.433 e. The number of pyridine rings is 1. The van der Waals surface area contributed by atoms with Gasteiger partial charge in [-0.05, 0) is 19.4 Å². The van der Waals surface area contributed by atoms with Crippen molar-refractivity contribution in [2.45, 2.75) is 32.5 Å². The minimum absolute atomic E-state index is 0.112. The molecule has 0 saturated carbocycles. The molecule has 1 rings (SSSR count). The fraction of sp³-hybridized carbons (Fsp3) is 0.545. The molecule has 0 aliphatic carbocycles. The van der Waals surface area contributed by atoms with Gasteiger partial charge in [0.05, 0.1) is 17.6 Å². The molecule has 1 heterocycles. The number of rotatable bonds is 3. The predicted molar refractivity (Wildman–Crippen MR) is 61.8 cm³/mol. The van der Waals surface area contributed by atoms with Crippen molar-refractivity contribution in [3.8, 4) is 0 Å². The van der Waals surface area contributed by atoms with E-state index in [2.05, 4.69) is 4.98 Å². The summed E-state index contributed by atoms with van der Waals surface area (Å²) in [5.74, 6) is 0. The highest BCUT2D eigenvalue weighted by Crippen LogP contribution is 2.32. The van der Waals surface area contributed by atoms with Gasteiger partial charge in [0.25, 0.3) is 0 Å². The Morgan fingerprint density at radius 2 is 2.06 bits per heavy atom. The molecule has 0 amide bonds. The molecule has 0 aromatic carbocycles. The van der Waals surface area contributed by atoms with Crippen molar-refractivity contribution in [2.75, 3.05) is 17.7 Å². The second-order valence-corrected chi connectivity index (χ2v) is 3.99. The zero-order valence-corrected chi connectivity index (χ0v) is 10.0. The number of halogens is 3. The number of alkyl halides is 3. The zero-order valence-electron chi connectivity index (χ0n) is 10.0. The molecule has 17 heavy (non-hydrogen) atoms. The first-order valence-electron chi connectivity index (χ1n) is 5.33. The monoisotopic (exact) mass is 247 g/mol. The Balaban J connectivity index is 3.15. The van der Waals surface area contributed by atoms with Gasteiger partial charge >= 0.3 is 6.18 Å². The lowest BCUT2D eigenvalue weighted by atomic mass is 10.2. The van der Waals surface area contributed by atoms with E-state index in [1.165, 1.54) is 0 Å². The first kappa shape index (κ1) is 13.6. The minimum atomic E-state index is -4.45. The molecule has 6 heteroatoms. The number of anilines is 2. The van der Waals surface area contributed by atoms with E-state index in [9.17, 15) is 13.2 Å². The Labute approximate surface area is 98.4 Å². The van der Waals surface area contributed by atoms with Crippen LogP contribution >= 0.6 is 0 Å². The molecule has 0 radical (unpaired) electrons. The maximum absolute atomic E-state index is 12.5. The fourth-order valence-electron chi connectivity index (χ4n) is 1.43. The van der Waals surface area contributed by atoms with Gasteiger partial charge in [-0.3, -0.25) is 0 Å². The standard InChI is InChI=1S/C11H16F3N3/c1-4-7(2)17(3)9-5-10(11(12,13)14)16-6-8(9)15/h5-7H,4,15H2,1-3H3. The molecule has 0 spiro atoms. The Bertz CT molecular complexity index is 390. The normalized spacial score (nSPS) is 13.5. The van der Waals surface area contributed by atoms with Crippen molar-refractivity contribution >= 4 is 11.4 Å². The van der Waals surface area contributed by atoms with Gasteiger partial charge in [0.2, 0.25) is 0 Å². The third kappa shape index (κ3) is 3.01. The first-order valence-corrected chi connectivity index (χ1v) is 5.33. The summed E-state index contributed by atoms with van der Waals surface area (Å²) in [6.07, 6.45) is -2.57. The van der Waals surface area contributed by atoms with Crippen LogP contribution in [0.4, 0.5) is 24.5 Å². The van der Waals surface area contributed by atoms with Crippen LogP contribution in [0.3, 0.4) is 0 Å². The summed E-state index contributed by atoms with van der Waals surface area (Å²) in [4.78, 5) is 5.03. The number of nitrogens with two attached hydrogens (primary N) is 1. The van der Waals surface area contributed by atoms with Crippen molar-refractivity contribution < 1.29 is 13.2 Å². The quantitative estimate of drug-likeness (QED) is 0.893. The third-order valence-electron chi connectivity index (χ3n) is 2.83. The zero-order chi connectivity index (χ0) is 13.2. The number of hydrogen-bond donors (Lipinski definition) is 1. The van der Waals surface area contributed by atoms with Crippen molar-refractivity contribution in [3.63, 3.8) is 0 Å². The van der Waals surface area contributed by atoms with Gasteiger partial charge in [0.1, 0.15) is 5.69 Å².